The molecule has 138 valence electrons. The summed E-state index contributed by atoms with van der Waals surface area (Å²) in [6.07, 6.45) is 9.09. The Bertz CT molecular complexity index is 488. The van der Waals surface area contributed by atoms with Crippen LogP contribution in [0.2, 0.25) is 0 Å². The number of unbranched alkanes of at least 4 members (excludes halogenated alkanes) is 3. The average molecular weight is 401 g/mol. The standard InChI is InChI=1S/C20H33BrO3/c1-6-8-10-11-16(22-3)13-15-14-18(23-4)17(12-9-7-2)20(24-5)19(15)21/h14,16H,6-13H2,1-5H3/t16-/m1/s1. The highest BCUT2D eigenvalue weighted by atomic mass is 79.9. The zero-order valence-electron chi connectivity index (χ0n) is 15.9. The van der Waals surface area contributed by atoms with Crippen molar-refractivity contribution in [3.63, 3.8) is 0 Å². The summed E-state index contributed by atoms with van der Waals surface area (Å²) < 4.78 is 18.1. The van der Waals surface area contributed by atoms with Gasteiger partial charge in [-0.15, -0.1) is 0 Å². The van der Waals surface area contributed by atoms with Crippen LogP contribution in [0.3, 0.4) is 0 Å². The Labute approximate surface area is 156 Å². The molecular formula is C20H33BrO3. The van der Waals surface area contributed by atoms with E-state index in [1.54, 1.807) is 21.3 Å². The average Bonchev–Trinajstić information content (AvgIpc) is 2.60. The summed E-state index contributed by atoms with van der Waals surface area (Å²) in [6.45, 7) is 4.42. The summed E-state index contributed by atoms with van der Waals surface area (Å²) in [7, 11) is 5.26. The summed E-state index contributed by atoms with van der Waals surface area (Å²) in [5.41, 5.74) is 2.34. The van der Waals surface area contributed by atoms with Crippen LogP contribution < -0.4 is 9.47 Å². The fraction of sp³-hybridized carbons (Fsp3) is 0.700. The molecule has 0 heterocycles. The molecule has 1 aromatic rings. The molecule has 1 rings (SSSR count). The lowest BCUT2D eigenvalue weighted by Gasteiger charge is -2.21. The van der Waals surface area contributed by atoms with Gasteiger partial charge in [0.15, 0.2) is 0 Å². The molecule has 0 amide bonds. The topological polar surface area (TPSA) is 27.7 Å². The van der Waals surface area contributed by atoms with E-state index in [1.807, 2.05) is 0 Å². The van der Waals surface area contributed by atoms with Crippen molar-refractivity contribution in [2.45, 2.75) is 71.3 Å². The second-order valence-corrected chi connectivity index (χ2v) is 7.02. The Morgan fingerprint density at radius 3 is 2.25 bits per heavy atom. The van der Waals surface area contributed by atoms with E-state index in [0.29, 0.717) is 0 Å². The lowest BCUT2D eigenvalue weighted by molar-refractivity contribution is 0.0929. The van der Waals surface area contributed by atoms with Crippen LogP contribution in [0.4, 0.5) is 0 Å². The number of rotatable bonds is 12. The van der Waals surface area contributed by atoms with Gasteiger partial charge >= 0.3 is 0 Å². The Morgan fingerprint density at radius 2 is 1.71 bits per heavy atom. The molecule has 0 bridgehead atoms. The van der Waals surface area contributed by atoms with Crippen LogP contribution in [0, 0.1) is 0 Å². The zero-order chi connectivity index (χ0) is 17.9. The van der Waals surface area contributed by atoms with Gasteiger partial charge in [-0.2, -0.15) is 0 Å². The molecule has 3 nitrogen and oxygen atoms in total. The van der Waals surface area contributed by atoms with Crippen LogP contribution in [0.15, 0.2) is 10.5 Å². The van der Waals surface area contributed by atoms with Gasteiger partial charge in [-0.3, -0.25) is 0 Å². The Kier molecular flexibility index (Phi) is 10.4. The van der Waals surface area contributed by atoms with Crippen LogP contribution in [0.25, 0.3) is 0 Å². The first-order valence-electron chi connectivity index (χ1n) is 9.07. The molecule has 0 aliphatic carbocycles. The van der Waals surface area contributed by atoms with Crippen LogP contribution in [-0.2, 0) is 17.6 Å². The maximum Gasteiger partial charge on any atom is 0.140 e. The van der Waals surface area contributed by atoms with Crippen molar-refractivity contribution >= 4 is 15.9 Å². The number of hydrogen-bond donors (Lipinski definition) is 0. The third-order valence-corrected chi connectivity index (χ3v) is 5.34. The fourth-order valence-electron chi connectivity index (χ4n) is 3.00. The van der Waals surface area contributed by atoms with E-state index in [1.165, 1.54) is 24.8 Å². The summed E-state index contributed by atoms with van der Waals surface area (Å²) >= 11 is 3.75. The number of ether oxygens (including phenoxy) is 3. The summed E-state index contributed by atoms with van der Waals surface area (Å²) in [6, 6.07) is 2.14. The minimum Gasteiger partial charge on any atom is -0.496 e. The van der Waals surface area contributed by atoms with Gasteiger partial charge in [0.25, 0.3) is 0 Å². The van der Waals surface area contributed by atoms with Crippen molar-refractivity contribution in [3.8, 4) is 11.5 Å². The van der Waals surface area contributed by atoms with Gasteiger partial charge in [-0.1, -0.05) is 39.5 Å². The van der Waals surface area contributed by atoms with Crippen LogP contribution in [0.5, 0.6) is 11.5 Å². The fourth-order valence-corrected chi connectivity index (χ4v) is 3.68. The Hall–Kier alpha value is -0.740. The van der Waals surface area contributed by atoms with Crippen molar-refractivity contribution in [1.82, 2.24) is 0 Å². The van der Waals surface area contributed by atoms with Gasteiger partial charge in [-0.05, 0) is 53.2 Å². The van der Waals surface area contributed by atoms with Crippen molar-refractivity contribution in [1.29, 1.82) is 0 Å². The maximum absolute atomic E-state index is 5.70. The van der Waals surface area contributed by atoms with Gasteiger partial charge in [0, 0.05) is 12.7 Å². The molecule has 0 saturated heterocycles. The summed E-state index contributed by atoms with van der Waals surface area (Å²) in [4.78, 5) is 0. The molecule has 1 atom stereocenters. The highest BCUT2D eigenvalue weighted by Crippen LogP contribution is 2.40. The molecule has 0 radical (unpaired) electrons. The molecule has 0 saturated carbocycles. The highest BCUT2D eigenvalue weighted by molar-refractivity contribution is 9.10. The van der Waals surface area contributed by atoms with Crippen molar-refractivity contribution in [2.24, 2.45) is 0 Å². The molecule has 0 aliphatic heterocycles. The first-order valence-corrected chi connectivity index (χ1v) is 9.87. The quantitative estimate of drug-likeness (QED) is 0.405. The minimum atomic E-state index is 0.226. The van der Waals surface area contributed by atoms with E-state index in [9.17, 15) is 0 Å². The SMILES string of the molecule is CCCCC[C@H](Cc1cc(OC)c(CCCC)c(OC)c1Br)OC. The number of methoxy groups -OCH3 is 3. The second kappa shape index (κ2) is 11.8. The molecule has 0 fully saturated rings. The van der Waals surface area contributed by atoms with Gasteiger partial charge in [0.1, 0.15) is 11.5 Å². The minimum absolute atomic E-state index is 0.226. The molecule has 0 aromatic heterocycles. The predicted molar refractivity (Wildman–Crippen MR) is 105 cm³/mol. The number of halogens is 1. The lowest BCUT2D eigenvalue weighted by atomic mass is 9.98. The van der Waals surface area contributed by atoms with E-state index in [4.69, 9.17) is 14.2 Å². The summed E-state index contributed by atoms with van der Waals surface area (Å²) in [5.74, 6) is 1.82. The number of benzene rings is 1. The molecular weight excluding hydrogens is 368 g/mol. The molecule has 24 heavy (non-hydrogen) atoms. The Balaban J connectivity index is 3.05. The molecule has 0 aliphatic rings. The van der Waals surface area contributed by atoms with Crippen LogP contribution in [0.1, 0.15) is 63.5 Å². The van der Waals surface area contributed by atoms with Crippen molar-refractivity contribution in [3.05, 3.63) is 21.7 Å². The lowest BCUT2D eigenvalue weighted by Crippen LogP contribution is -2.15. The van der Waals surface area contributed by atoms with Gasteiger partial charge in [0.2, 0.25) is 0 Å². The van der Waals surface area contributed by atoms with Crippen molar-refractivity contribution in [2.75, 3.05) is 21.3 Å². The van der Waals surface area contributed by atoms with E-state index in [0.717, 1.165) is 53.6 Å². The predicted octanol–water partition coefficient (Wildman–Crippen LogP) is 5.95. The Morgan fingerprint density at radius 1 is 1.00 bits per heavy atom. The molecule has 0 unspecified atom stereocenters. The normalized spacial score (nSPS) is 12.2. The third-order valence-electron chi connectivity index (χ3n) is 4.47. The third kappa shape index (κ3) is 5.96. The van der Waals surface area contributed by atoms with Gasteiger partial charge in [-0.25, -0.2) is 0 Å². The highest BCUT2D eigenvalue weighted by Gasteiger charge is 2.20. The van der Waals surface area contributed by atoms with Gasteiger partial charge < -0.3 is 14.2 Å². The first-order chi connectivity index (χ1) is 11.6. The zero-order valence-corrected chi connectivity index (χ0v) is 17.5. The smallest absolute Gasteiger partial charge is 0.140 e. The van der Waals surface area contributed by atoms with Gasteiger partial charge in [0.05, 0.1) is 24.8 Å². The van der Waals surface area contributed by atoms with Crippen LogP contribution >= 0.6 is 15.9 Å². The maximum atomic E-state index is 5.70. The monoisotopic (exact) mass is 400 g/mol. The number of hydrogen-bond acceptors (Lipinski definition) is 3. The first kappa shape index (κ1) is 21.3. The molecule has 0 spiro atoms. The van der Waals surface area contributed by atoms with E-state index in [-0.39, 0.29) is 6.10 Å². The van der Waals surface area contributed by atoms with E-state index in [2.05, 4.69) is 35.8 Å². The molecule has 0 N–H and O–H groups in total. The molecule has 1 aromatic carbocycles. The van der Waals surface area contributed by atoms with E-state index < -0.39 is 0 Å². The van der Waals surface area contributed by atoms with Crippen LogP contribution in [-0.4, -0.2) is 27.4 Å². The van der Waals surface area contributed by atoms with E-state index >= 15 is 0 Å². The molecule has 4 heteroatoms. The largest absolute Gasteiger partial charge is 0.496 e. The summed E-state index contributed by atoms with van der Waals surface area (Å²) in [5, 5.41) is 0. The second-order valence-electron chi connectivity index (χ2n) is 6.22. The van der Waals surface area contributed by atoms with Crippen molar-refractivity contribution < 1.29 is 14.2 Å².